The topological polar surface area (TPSA) is 23.8 Å². The second kappa shape index (κ2) is 2.61. The zero-order chi connectivity index (χ0) is 5.91. The molecule has 0 aromatic rings. The molecule has 0 N–H and O–H groups in total. The van der Waals surface area contributed by atoms with Gasteiger partial charge in [-0.2, -0.15) is 0 Å². The molecule has 0 fully saturated rings. The number of nitrogens with zero attached hydrogens (tertiary/aromatic N) is 1. The van der Waals surface area contributed by atoms with Crippen molar-refractivity contribution < 1.29 is 0 Å². The van der Waals surface area contributed by atoms with Gasteiger partial charge in [-0.05, 0) is 0 Å². The molecule has 0 bridgehead atoms. The van der Waals surface area contributed by atoms with Gasteiger partial charge in [0, 0.05) is 36.4 Å². The predicted octanol–water partition coefficient (Wildman–Crippen LogP) is -1.29. The van der Waals surface area contributed by atoms with Gasteiger partial charge in [0.2, 0.25) is 0 Å². The average molecular weight is 150 g/mol. The van der Waals surface area contributed by atoms with Crippen molar-refractivity contribution in [3.05, 3.63) is 0 Å². The van der Waals surface area contributed by atoms with E-state index in [1.807, 2.05) is 5.69 Å². The van der Waals surface area contributed by atoms with E-state index < -0.39 is 0 Å². The highest BCUT2D eigenvalue weighted by atomic mass is 28.4. The van der Waals surface area contributed by atoms with Crippen molar-refractivity contribution in [3.63, 3.8) is 0 Å². The van der Waals surface area contributed by atoms with Crippen LogP contribution in [0.15, 0.2) is 0 Å². The van der Waals surface area contributed by atoms with E-state index in [0.29, 0.717) is 0 Å². The summed E-state index contributed by atoms with van der Waals surface area (Å²) in [5.74, 6) is 0. The van der Waals surface area contributed by atoms with Gasteiger partial charge in [-0.1, -0.05) is 3.91 Å². The van der Waals surface area contributed by atoms with Crippen LogP contribution in [0, 0.1) is 11.0 Å². The maximum atomic E-state index is 8.07. The highest BCUT2D eigenvalue weighted by Gasteiger charge is 2.10. The Bertz CT molecular complexity index is 86.8. The van der Waals surface area contributed by atoms with Crippen molar-refractivity contribution in [1.82, 2.24) is 0 Å². The van der Waals surface area contributed by atoms with Crippen LogP contribution in [0.2, 0.25) is 3.91 Å². The second-order valence-corrected chi connectivity index (χ2v) is 7.46. The quantitative estimate of drug-likeness (QED) is 0.427. The molecule has 0 aromatic carbocycles. The smallest absolute Gasteiger partial charge is 0.183 e. The molecule has 0 aliphatic rings. The largest absolute Gasteiger partial charge is 0.207 e. The van der Waals surface area contributed by atoms with Gasteiger partial charge >= 0.3 is 0 Å². The Balaban J connectivity index is 3.40. The minimum atomic E-state index is -0.366. The number of hydrogen-bond acceptors (Lipinski definition) is 1. The molecule has 0 rings (SSSR count). The lowest BCUT2D eigenvalue weighted by molar-refractivity contribution is 1.54. The first-order valence-corrected chi connectivity index (χ1v) is 3.97. The van der Waals surface area contributed by atoms with Crippen LogP contribution in [0.3, 0.4) is 0 Å². The SMILES string of the molecule is N#C[Si]C([Si])([Si])[Si]. The Morgan fingerprint density at radius 1 is 1.43 bits per heavy atom. The first-order valence-electron chi connectivity index (χ1n) is 1.47. The van der Waals surface area contributed by atoms with Crippen LogP contribution in [-0.2, 0) is 0 Å². The lowest BCUT2D eigenvalue weighted by Gasteiger charge is -2.07. The molecule has 11 radical (unpaired) electrons. The van der Waals surface area contributed by atoms with Crippen LogP contribution in [0.4, 0.5) is 0 Å². The number of nitriles is 1. The third kappa shape index (κ3) is 6.36. The van der Waals surface area contributed by atoms with Crippen LogP contribution in [0.1, 0.15) is 0 Å². The molecular formula is C2NSi4. The van der Waals surface area contributed by atoms with Crippen LogP contribution in [0.25, 0.3) is 0 Å². The van der Waals surface area contributed by atoms with Crippen molar-refractivity contribution in [2.75, 3.05) is 0 Å². The van der Waals surface area contributed by atoms with Crippen molar-refractivity contribution in [1.29, 1.82) is 5.26 Å². The molecule has 0 saturated carbocycles. The summed E-state index contributed by atoms with van der Waals surface area (Å²) in [5, 5.41) is 8.07. The molecule has 0 saturated heterocycles. The molecule has 0 amide bonds. The van der Waals surface area contributed by atoms with E-state index in [1.54, 1.807) is 0 Å². The van der Waals surface area contributed by atoms with Gasteiger partial charge < -0.3 is 0 Å². The Labute approximate surface area is 55.6 Å². The van der Waals surface area contributed by atoms with Crippen LogP contribution in [0.5, 0.6) is 0 Å². The summed E-state index contributed by atoms with van der Waals surface area (Å²) in [6.45, 7) is 0. The molecular weight excluding hydrogens is 150 g/mol. The fraction of sp³-hybridized carbons (Fsp3) is 0.500. The summed E-state index contributed by atoms with van der Waals surface area (Å²) >= 11 is 0. The highest BCUT2D eigenvalue weighted by Crippen LogP contribution is 2.01. The van der Waals surface area contributed by atoms with Gasteiger partial charge in [0.15, 0.2) is 9.52 Å². The number of hydrogen-bond donors (Lipinski definition) is 0. The van der Waals surface area contributed by atoms with Gasteiger partial charge in [0.05, 0.1) is 0 Å². The molecule has 7 heavy (non-hydrogen) atoms. The monoisotopic (exact) mass is 150 g/mol. The Hall–Kier alpha value is 0.358. The Kier molecular flexibility index (Phi) is 2.75. The van der Waals surface area contributed by atoms with Crippen molar-refractivity contribution >= 4 is 40.2 Å². The molecule has 0 unspecified atom stereocenters. The minimum absolute atomic E-state index is 0.171. The van der Waals surface area contributed by atoms with Crippen molar-refractivity contribution in [2.24, 2.45) is 0 Å². The Morgan fingerprint density at radius 3 is 1.86 bits per heavy atom. The van der Waals surface area contributed by atoms with E-state index in [2.05, 4.69) is 30.7 Å². The molecule has 0 aliphatic heterocycles. The minimum Gasteiger partial charge on any atom is -0.207 e. The fourth-order valence-electron chi connectivity index (χ4n) is 0.0839. The molecule has 5 heteroatoms. The summed E-state index contributed by atoms with van der Waals surface area (Å²) in [4.78, 5) is 0. The van der Waals surface area contributed by atoms with Gasteiger partial charge in [0.1, 0.15) is 0 Å². The van der Waals surface area contributed by atoms with Gasteiger partial charge in [-0.3, -0.25) is 0 Å². The third-order valence-electron chi connectivity index (χ3n) is 0.243. The molecule has 0 aliphatic carbocycles. The molecule has 0 atom stereocenters. The van der Waals surface area contributed by atoms with Gasteiger partial charge in [-0.25, -0.2) is 5.26 Å². The van der Waals surface area contributed by atoms with E-state index in [9.17, 15) is 0 Å². The van der Waals surface area contributed by atoms with E-state index in [-0.39, 0.29) is 13.4 Å². The van der Waals surface area contributed by atoms with Gasteiger partial charge in [0.25, 0.3) is 0 Å². The van der Waals surface area contributed by atoms with Crippen LogP contribution < -0.4 is 0 Å². The summed E-state index contributed by atoms with van der Waals surface area (Å²) in [6.07, 6.45) is 0. The maximum Gasteiger partial charge on any atom is 0.183 e. The lowest BCUT2D eigenvalue weighted by Crippen LogP contribution is -2.19. The van der Waals surface area contributed by atoms with E-state index in [0.717, 1.165) is 0 Å². The van der Waals surface area contributed by atoms with E-state index in [1.165, 1.54) is 0 Å². The normalized spacial score (nSPS) is 10.6. The zero-order valence-electron chi connectivity index (χ0n) is 3.45. The second-order valence-electron chi connectivity index (χ2n) is 0.987. The standard InChI is InChI=1S/C2NSi4/c3-1-7-2(4,5)6. The zero-order valence-corrected chi connectivity index (χ0v) is 7.45. The summed E-state index contributed by atoms with van der Waals surface area (Å²) < 4.78 is -0.366. The van der Waals surface area contributed by atoms with E-state index >= 15 is 0 Å². The van der Waals surface area contributed by atoms with Crippen LogP contribution in [-0.4, -0.2) is 40.2 Å². The Morgan fingerprint density at radius 2 is 1.86 bits per heavy atom. The summed E-state index contributed by atoms with van der Waals surface area (Å²) in [5.41, 5.74) is 1.99. The predicted molar refractivity (Wildman–Crippen MR) is 31.3 cm³/mol. The first-order chi connectivity index (χ1) is 3.06. The molecule has 29 valence electrons. The van der Waals surface area contributed by atoms with Crippen LogP contribution >= 0.6 is 0 Å². The van der Waals surface area contributed by atoms with Crippen molar-refractivity contribution in [3.8, 4) is 5.69 Å². The number of rotatable bonds is 1. The highest BCUT2D eigenvalue weighted by molar-refractivity contribution is 6.84. The van der Waals surface area contributed by atoms with Gasteiger partial charge in [-0.15, -0.1) is 0 Å². The van der Waals surface area contributed by atoms with E-state index in [4.69, 9.17) is 5.26 Å². The molecule has 0 heterocycles. The average Bonchev–Trinajstić information content (AvgIpc) is 1.30. The maximum absolute atomic E-state index is 8.07. The third-order valence-corrected chi connectivity index (χ3v) is 1.86. The molecule has 0 aromatic heterocycles. The summed E-state index contributed by atoms with van der Waals surface area (Å²) in [7, 11) is 9.78. The van der Waals surface area contributed by atoms with Crippen molar-refractivity contribution in [2.45, 2.75) is 3.91 Å². The fourth-order valence-corrected chi connectivity index (χ4v) is 0.755. The molecule has 1 nitrogen and oxygen atoms in total. The molecule has 0 spiro atoms. The first kappa shape index (κ1) is 7.36. The lowest BCUT2D eigenvalue weighted by atomic mass is 11.7. The summed E-state index contributed by atoms with van der Waals surface area (Å²) in [6, 6.07) is 0.